The summed E-state index contributed by atoms with van der Waals surface area (Å²) < 4.78 is 11.1. The van der Waals surface area contributed by atoms with Crippen LogP contribution in [-0.2, 0) is 28.7 Å². The highest BCUT2D eigenvalue weighted by molar-refractivity contribution is 5.84. The fourth-order valence-corrected chi connectivity index (χ4v) is 5.52. The molecule has 0 aromatic heterocycles. The molecule has 0 radical (unpaired) electrons. The molecule has 0 fully saturated rings. The lowest BCUT2D eigenvalue weighted by molar-refractivity contribution is -0.150. The Morgan fingerprint density at radius 2 is 1.16 bits per heavy atom. The molecule has 0 bridgehead atoms. The van der Waals surface area contributed by atoms with E-state index in [1.165, 1.54) is 0 Å². The van der Waals surface area contributed by atoms with Gasteiger partial charge in [-0.3, -0.25) is 14.4 Å². The van der Waals surface area contributed by atoms with E-state index in [0.29, 0.717) is 44.2 Å². The third-order valence-electron chi connectivity index (χ3n) is 8.98. The molecular weight excluding hydrogens is 568 g/mol. The molecule has 0 rings (SSSR count). The molecule has 0 spiro atoms. The number of hydrogen-bond acceptors (Lipinski definition) is 7. The predicted octanol–water partition coefficient (Wildman–Crippen LogP) is 7.95. The van der Waals surface area contributed by atoms with E-state index in [4.69, 9.17) is 9.47 Å². The van der Waals surface area contributed by atoms with Gasteiger partial charge in [-0.2, -0.15) is 0 Å². The maximum atomic E-state index is 12.7. The van der Waals surface area contributed by atoms with E-state index in [9.17, 15) is 19.2 Å². The van der Waals surface area contributed by atoms with E-state index < -0.39 is 6.04 Å². The second-order valence-electron chi connectivity index (χ2n) is 14.0. The molecule has 1 amide bonds. The van der Waals surface area contributed by atoms with Crippen LogP contribution in [0.5, 0.6) is 0 Å². The van der Waals surface area contributed by atoms with Crippen molar-refractivity contribution in [2.24, 2.45) is 23.2 Å². The molecule has 2 N–H and O–H groups in total. The number of nitrogens with one attached hydrogen (secondary N) is 2. The average Bonchev–Trinajstić information content (AvgIpc) is 3.00. The van der Waals surface area contributed by atoms with Crippen molar-refractivity contribution in [2.75, 3.05) is 26.8 Å². The van der Waals surface area contributed by atoms with Crippen LogP contribution in [0.15, 0.2) is 0 Å². The lowest BCUT2D eigenvalue weighted by atomic mass is 9.78. The lowest BCUT2D eigenvalue weighted by Gasteiger charge is -2.24. The average molecular weight is 639 g/mol. The predicted molar refractivity (Wildman–Crippen MR) is 184 cm³/mol. The standard InChI is InChI=1S/C37H70N2O6/c1-9-37(7,10-2)33(40)21-17-13-11-12-14-18-22-34(41)39-32(28-30(5)6)36(43)45-26-20-16-15-19-25-44-35(42)31(23-24-38-8)27-29(3)4/h29-32,38H,9-28H2,1-8H3,(H,39,41). The van der Waals surface area contributed by atoms with Crippen molar-refractivity contribution < 1.29 is 28.7 Å². The first-order valence-electron chi connectivity index (χ1n) is 18.2. The Labute approximate surface area is 276 Å². The fourth-order valence-electron chi connectivity index (χ4n) is 5.52. The summed E-state index contributed by atoms with van der Waals surface area (Å²) in [5, 5.41) is 6.01. The van der Waals surface area contributed by atoms with Crippen LogP contribution in [0, 0.1) is 23.2 Å². The minimum absolute atomic E-state index is 0.0574. The molecule has 2 unspecified atom stereocenters. The number of unbranched alkanes of at least 4 members (excludes halogenated alkanes) is 8. The number of carbonyl (C=O) groups excluding carboxylic acids is 4. The Kier molecular flexibility index (Phi) is 25.0. The summed E-state index contributed by atoms with van der Waals surface area (Å²) in [6, 6.07) is -0.618. The molecule has 8 heteroatoms. The van der Waals surface area contributed by atoms with Gasteiger partial charge in [-0.1, -0.05) is 74.1 Å². The summed E-state index contributed by atoms with van der Waals surface area (Å²) >= 11 is 0. The third kappa shape index (κ3) is 21.5. The van der Waals surface area contributed by atoms with Crippen molar-refractivity contribution in [1.29, 1.82) is 0 Å². The zero-order valence-corrected chi connectivity index (χ0v) is 30.4. The van der Waals surface area contributed by atoms with Crippen molar-refractivity contribution >= 4 is 23.6 Å². The van der Waals surface area contributed by atoms with Gasteiger partial charge >= 0.3 is 11.9 Å². The molecular formula is C37H70N2O6. The minimum Gasteiger partial charge on any atom is -0.465 e. The Morgan fingerprint density at radius 1 is 0.667 bits per heavy atom. The maximum Gasteiger partial charge on any atom is 0.328 e. The molecule has 264 valence electrons. The molecule has 0 aromatic carbocycles. The highest BCUT2D eigenvalue weighted by atomic mass is 16.5. The summed E-state index contributed by atoms with van der Waals surface area (Å²) in [6.07, 6.45) is 14.3. The molecule has 0 heterocycles. The largest absolute Gasteiger partial charge is 0.465 e. The number of amides is 1. The molecule has 45 heavy (non-hydrogen) atoms. The number of carbonyl (C=O) groups is 4. The van der Waals surface area contributed by atoms with Crippen LogP contribution in [0.4, 0.5) is 0 Å². The van der Waals surface area contributed by atoms with Crippen LogP contribution >= 0.6 is 0 Å². The first-order valence-corrected chi connectivity index (χ1v) is 18.2. The summed E-state index contributed by atoms with van der Waals surface area (Å²) in [5.74, 6) is 0.478. The number of rotatable bonds is 29. The van der Waals surface area contributed by atoms with Crippen molar-refractivity contribution in [3.05, 3.63) is 0 Å². The third-order valence-corrected chi connectivity index (χ3v) is 8.98. The van der Waals surface area contributed by atoms with E-state index in [1.807, 2.05) is 20.9 Å². The maximum absolute atomic E-state index is 12.7. The van der Waals surface area contributed by atoms with Gasteiger partial charge in [-0.15, -0.1) is 0 Å². The van der Waals surface area contributed by atoms with Gasteiger partial charge in [0, 0.05) is 18.3 Å². The zero-order valence-electron chi connectivity index (χ0n) is 30.4. The Hall–Kier alpha value is -1.96. The monoisotopic (exact) mass is 639 g/mol. The molecule has 0 aliphatic carbocycles. The number of ether oxygens (including phenoxy) is 2. The number of hydrogen-bond donors (Lipinski definition) is 2. The molecule has 8 nitrogen and oxygen atoms in total. The van der Waals surface area contributed by atoms with Gasteiger partial charge in [0.05, 0.1) is 19.1 Å². The molecule has 0 aromatic rings. The van der Waals surface area contributed by atoms with Gasteiger partial charge in [0.1, 0.15) is 11.8 Å². The minimum atomic E-state index is -0.618. The van der Waals surface area contributed by atoms with E-state index in [2.05, 4.69) is 45.3 Å². The van der Waals surface area contributed by atoms with Crippen LogP contribution in [0.1, 0.15) is 158 Å². The summed E-state index contributed by atoms with van der Waals surface area (Å²) in [6.45, 7) is 16.1. The zero-order chi connectivity index (χ0) is 34.1. The van der Waals surface area contributed by atoms with Crippen molar-refractivity contribution in [3.8, 4) is 0 Å². The van der Waals surface area contributed by atoms with Crippen LogP contribution < -0.4 is 10.6 Å². The summed E-state index contributed by atoms with van der Waals surface area (Å²) in [5.41, 5.74) is -0.171. The quantitative estimate of drug-likeness (QED) is 0.0632. The Morgan fingerprint density at radius 3 is 1.67 bits per heavy atom. The van der Waals surface area contributed by atoms with E-state index >= 15 is 0 Å². The van der Waals surface area contributed by atoms with E-state index in [-0.39, 0.29) is 35.1 Å². The van der Waals surface area contributed by atoms with Gasteiger partial charge in [-0.05, 0) is 96.1 Å². The summed E-state index contributed by atoms with van der Waals surface area (Å²) in [7, 11) is 1.89. The first kappa shape index (κ1) is 43.0. The highest BCUT2D eigenvalue weighted by Gasteiger charge is 2.28. The number of Topliss-reactive ketones (excluding diaryl/α,β-unsaturated/α-hetero) is 1. The smallest absolute Gasteiger partial charge is 0.328 e. The van der Waals surface area contributed by atoms with Crippen molar-refractivity contribution in [1.82, 2.24) is 10.6 Å². The van der Waals surface area contributed by atoms with Crippen LogP contribution in [0.2, 0.25) is 0 Å². The second-order valence-corrected chi connectivity index (χ2v) is 14.0. The SMILES string of the molecule is CCC(C)(CC)C(=O)CCCCCCCCC(=O)NC(CC(C)C)C(=O)OCCCCCCOC(=O)C(CCNC)CC(C)C. The number of ketones is 1. The van der Waals surface area contributed by atoms with E-state index in [1.54, 1.807) is 0 Å². The molecule has 0 saturated carbocycles. The van der Waals surface area contributed by atoms with Crippen LogP contribution in [0.3, 0.4) is 0 Å². The van der Waals surface area contributed by atoms with Gasteiger partial charge in [-0.25, -0.2) is 4.79 Å². The summed E-state index contributed by atoms with van der Waals surface area (Å²) in [4.78, 5) is 50.2. The van der Waals surface area contributed by atoms with Crippen molar-refractivity contribution in [3.63, 3.8) is 0 Å². The van der Waals surface area contributed by atoms with Gasteiger partial charge in [0.2, 0.25) is 5.91 Å². The Balaban J connectivity index is 4.17. The molecule has 2 atom stereocenters. The second kappa shape index (κ2) is 26.1. The van der Waals surface area contributed by atoms with Gasteiger partial charge in [0.25, 0.3) is 0 Å². The van der Waals surface area contributed by atoms with Crippen molar-refractivity contribution in [2.45, 2.75) is 164 Å². The first-order chi connectivity index (χ1) is 21.4. The lowest BCUT2D eigenvalue weighted by Crippen LogP contribution is -2.42. The fraction of sp³-hybridized carbons (Fsp3) is 0.892. The van der Waals surface area contributed by atoms with E-state index in [0.717, 1.165) is 96.4 Å². The highest BCUT2D eigenvalue weighted by Crippen LogP contribution is 2.29. The van der Waals surface area contributed by atoms with Crippen LogP contribution in [0.25, 0.3) is 0 Å². The molecule has 0 aliphatic heterocycles. The van der Waals surface area contributed by atoms with Gasteiger partial charge < -0.3 is 20.1 Å². The Bertz CT molecular complexity index is 809. The number of esters is 2. The van der Waals surface area contributed by atoms with Gasteiger partial charge in [0.15, 0.2) is 0 Å². The topological polar surface area (TPSA) is 111 Å². The molecule has 0 aliphatic rings. The van der Waals surface area contributed by atoms with Crippen LogP contribution in [-0.4, -0.2) is 56.5 Å². The molecule has 0 saturated heterocycles. The normalized spacial score (nSPS) is 13.1.